The average molecular weight is 375 g/mol. The van der Waals surface area contributed by atoms with E-state index < -0.39 is 5.54 Å². The Morgan fingerprint density at radius 1 is 1.12 bits per heavy atom. The Morgan fingerprint density at radius 3 is 2.50 bits per heavy atom. The van der Waals surface area contributed by atoms with E-state index in [2.05, 4.69) is 46.5 Å². The second kappa shape index (κ2) is 7.41. The summed E-state index contributed by atoms with van der Waals surface area (Å²) in [5.74, 6) is 0.234. The van der Waals surface area contributed by atoms with Gasteiger partial charge in [0, 0.05) is 30.9 Å². The summed E-state index contributed by atoms with van der Waals surface area (Å²) in [6, 6.07) is 12.5. The number of likely N-dealkylation sites (tertiary alicyclic amines) is 1. The van der Waals surface area contributed by atoms with Crippen LogP contribution in [0.2, 0.25) is 0 Å². The highest BCUT2D eigenvalue weighted by Crippen LogP contribution is 2.37. The minimum atomic E-state index is -0.531. The van der Waals surface area contributed by atoms with E-state index in [1.807, 2.05) is 23.0 Å². The third kappa shape index (κ3) is 3.14. The molecule has 1 N–H and O–H groups in total. The van der Waals surface area contributed by atoms with Crippen molar-refractivity contribution in [1.82, 2.24) is 20.0 Å². The van der Waals surface area contributed by atoms with Crippen LogP contribution in [0, 0.1) is 0 Å². The van der Waals surface area contributed by atoms with Crippen LogP contribution in [0.3, 0.4) is 0 Å². The molecule has 6 heteroatoms. The third-order valence-corrected chi connectivity index (χ3v) is 6.00. The Bertz CT molecular complexity index is 728. The zero-order valence-electron chi connectivity index (χ0n) is 15.2. The van der Waals surface area contributed by atoms with Crippen LogP contribution in [-0.2, 0) is 15.7 Å². The zero-order chi connectivity index (χ0) is 17.3. The van der Waals surface area contributed by atoms with Crippen LogP contribution in [0.1, 0.15) is 31.7 Å². The highest BCUT2D eigenvalue weighted by atomic mass is 35.5. The van der Waals surface area contributed by atoms with Gasteiger partial charge < -0.3 is 10.2 Å². The molecule has 0 radical (unpaired) electrons. The first-order chi connectivity index (χ1) is 12.1. The molecule has 1 aromatic heterocycles. The normalized spacial score (nSPS) is 24.9. The molecule has 3 heterocycles. The molecule has 2 saturated heterocycles. The van der Waals surface area contributed by atoms with Crippen molar-refractivity contribution >= 4 is 18.3 Å². The number of benzene rings is 1. The van der Waals surface area contributed by atoms with Crippen molar-refractivity contribution in [3.63, 3.8) is 0 Å². The largest absolute Gasteiger partial charge is 0.340 e. The fourth-order valence-corrected chi connectivity index (χ4v) is 4.41. The summed E-state index contributed by atoms with van der Waals surface area (Å²) in [6.45, 7) is 5.59. The van der Waals surface area contributed by atoms with Crippen LogP contribution < -0.4 is 5.32 Å². The molecule has 0 spiro atoms. The van der Waals surface area contributed by atoms with E-state index in [1.54, 1.807) is 6.20 Å². The van der Waals surface area contributed by atoms with E-state index in [9.17, 15) is 4.79 Å². The summed E-state index contributed by atoms with van der Waals surface area (Å²) in [6.07, 6.45) is 6.32. The molecule has 1 unspecified atom stereocenters. The molecule has 2 aliphatic heterocycles. The Morgan fingerprint density at radius 2 is 1.85 bits per heavy atom. The Hall–Kier alpha value is -1.85. The van der Waals surface area contributed by atoms with Crippen molar-refractivity contribution in [2.45, 2.75) is 37.1 Å². The lowest BCUT2D eigenvalue weighted by Crippen LogP contribution is -2.55. The number of nitrogens with zero attached hydrogens (tertiary/aromatic N) is 3. The molecule has 2 fully saturated rings. The molecule has 1 amide bonds. The number of rotatable bonds is 3. The van der Waals surface area contributed by atoms with Gasteiger partial charge in [-0.3, -0.25) is 9.48 Å². The number of amides is 1. The van der Waals surface area contributed by atoms with Crippen molar-refractivity contribution in [1.29, 1.82) is 0 Å². The zero-order valence-corrected chi connectivity index (χ0v) is 16.0. The van der Waals surface area contributed by atoms with Crippen molar-refractivity contribution in [2.24, 2.45) is 0 Å². The minimum Gasteiger partial charge on any atom is -0.340 e. The maximum absolute atomic E-state index is 13.6. The molecule has 2 aliphatic rings. The number of hydrogen-bond acceptors (Lipinski definition) is 3. The fraction of sp³-hybridized carbons (Fsp3) is 0.500. The van der Waals surface area contributed by atoms with Gasteiger partial charge in [0.1, 0.15) is 5.54 Å². The molecule has 5 nitrogen and oxygen atoms in total. The van der Waals surface area contributed by atoms with Gasteiger partial charge in [-0.2, -0.15) is 5.10 Å². The lowest BCUT2D eigenvalue weighted by Gasteiger charge is -2.39. The first kappa shape index (κ1) is 18.9. The molecular formula is C20H27ClN4O. The summed E-state index contributed by atoms with van der Waals surface area (Å²) in [7, 11) is 0. The van der Waals surface area contributed by atoms with Crippen LogP contribution >= 0.6 is 12.4 Å². The van der Waals surface area contributed by atoms with Crippen molar-refractivity contribution in [3.8, 4) is 0 Å². The van der Waals surface area contributed by atoms with Gasteiger partial charge >= 0.3 is 0 Å². The number of halogens is 1. The second-order valence-electron chi connectivity index (χ2n) is 7.64. The third-order valence-electron chi connectivity index (χ3n) is 6.00. The van der Waals surface area contributed by atoms with Gasteiger partial charge in [0.05, 0.1) is 0 Å². The molecule has 2 aromatic rings. The summed E-state index contributed by atoms with van der Waals surface area (Å²) in [5.41, 5.74) is 0.829. The smallest absolute Gasteiger partial charge is 0.250 e. The number of hydrogen-bond donors (Lipinski definition) is 1. The Labute approximate surface area is 161 Å². The van der Waals surface area contributed by atoms with Crippen LogP contribution in [0.25, 0.3) is 0 Å². The molecule has 1 aromatic carbocycles. The van der Waals surface area contributed by atoms with Gasteiger partial charge in [0.2, 0.25) is 0 Å². The van der Waals surface area contributed by atoms with Crippen LogP contribution in [0.4, 0.5) is 0 Å². The second-order valence-corrected chi connectivity index (χ2v) is 7.64. The number of piperidine rings is 1. The summed E-state index contributed by atoms with van der Waals surface area (Å²) in [5, 5.41) is 7.82. The highest BCUT2D eigenvalue weighted by Gasteiger charge is 2.48. The van der Waals surface area contributed by atoms with Gasteiger partial charge in [0.25, 0.3) is 5.91 Å². The van der Waals surface area contributed by atoms with Gasteiger partial charge in [0.15, 0.2) is 0 Å². The maximum atomic E-state index is 13.6. The van der Waals surface area contributed by atoms with Crippen molar-refractivity contribution in [2.75, 3.05) is 26.2 Å². The fourth-order valence-electron chi connectivity index (χ4n) is 4.41. The summed E-state index contributed by atoms with van der Waals surface area (Å²) >= 11 is 0. The van der Waals surface area contributed by atoms with Gasteiger partial charge in [-0.05, 0) is 44.0 Å². The average Bonchev–Trinajstić information content (AvgIpc) is 3.33. The lowest BCUT2D eigenvalue weighted by molar-refractivity contribution is -0.142. The van der Waals surface area contributed by atoms with Crippen molar-refractivity contribution < 1.29 is 4.79 Å². The van der Waals surface area contributed by atoms with E-state index in [4.69, 9.17) is 0 Å². The molecule has 140 valence electrons. The number of aromatic nitrogens is 2. The molecule has 0 bridgehead atoms. The van der Waals surface area contributed by atoms with E-state index in [0.29, 0.717) is 0 Å². The Balaban J connectivity index is 0.00000196. The minimum absolute atomic E-state index is 0. The quantitative estimate of drug-likeness (QED) is 0.898. The first-order valence-electron chi connectivity index (χ1n) is 9.20. The molecular weight excluding hydrogens is 348 g/mol. The van der Waals surface area contributed by atoms with E-state index in [0.717, 1.165) is 45.4 Å². The topological polar surface area (TPSA) is 50.2 Å². The van der Waals surface area contributed by atoms with Crippen molar-refractivity contribution in [3.05, 3.63) is 54.4 Å². The SMILES string of the molecule is CC1(c2ccccc2)CCN(C(=O)C2(n3cccn3)CCNCC2)C1.Cl. The molecule has 26 heavy (non-hydrogen) atoms. The predicted octanol–water partition coefficient (Wildman–Crippen LogP) is 2.57. The number of carbonyl (C=O) groups is 1. The first-order valence-corrected chi connectivity index (χ1v) is 9.20. The maximum Gasteiger partial charge on any atom is 0.250 e. The standard InChI is InChI=1S/C20H26N4O.ClH/c1-19(17-6-3-2-4-7-17)10-15-23(16-19)18(25)20(8-12-21-13-9-20)24-14-5-11-22-24;/h2-7,11,14,21H,8-10,12-13,15-16H2,1H3;1H. The van der Waals surface area contributed by atoms with E-state index in [-0.39, 0.29) is 23.7 Å². The van der Waals surface area contributed by atoms with Gasteiger partial charge in [-0.25, -0.2) is 0 Å². The number of nitrogens with one attached hydrogen (secondary N) is 1. The van der Waals surface area contributed by atoms with Crippen LogP contribution in [-0.4, -0.2) is 46.8 Å². The van der Waals surface area contributed by atoms with E-state index >= 15 is 0 Å². The van der Waals surface area contributed by atoms with Crippen LogP contribution in [0.15, 0.2) is 48.8 Å². The predicted molar refractivity (Wildman–Crippen MR) is 105 cm³/mol. The molecule has 0 saturated carbocycles. The highest BCUT2D eigenvalue weighted by molar-refractivity contribution is 5.85. The lowest BCUT2D eigenvalue weighted by atomic mass is 9.81. The monoisotopic (exact) mass is 374 g/mol. The summed E-state index contributed by atoms with van der Waals surface area (Å²) < 4.78 is 1.90. The summed E-state index contributed by atoms with van der Waals surface area (Å²) in [4.78, 5) is 15.6. The van der Waals surface area contributed by atoms with E-state index in [1.165, 1.54) is 5.56 Å². The molecule has 1 atom stereocenters. The van der Waals surface area contributed by atoms with Gasteiger partial charge in [-0.1, -0.05) is 37.3 Å². The number of carbonyl (C=O) groups excluding carboxylic acids is 1. The molecule has 4 rings (SSSR count). The van der Waals surface area contributed by atoms with Gasteiger partial charge in [-0.15, -0.1) is 12.4 Å². The van der Waals surface area contributed by atoms with Crippen LogP contribution in [0.5, 0.6) is 0 Å². The molecule has 0 aliphatic carbocycles. The Kier molecular flexibility index (Phi) is 5.39.